The topological polar surface area (TPSA) is 41.9 Å². The van der Waals surface area contributed by atoms with Gasteiger partial charge in [0.15, 0.2) is 0 Å². The van der Waals surface area contributed by atoms with Crippen molar-refractivity contribution in [3.05, 3.63) is 41.4 Å². The Morgan fingerprint density at radius 2 is 1.75 bits per heavy atom. The molecule has 4 nitrogen and oxygen atoms in total. The van der Waals surface area contributed by atoms with Gasteiger partial charge in [0.1, 0.15) is 5.82 Å². The highest BCUT2D eigenvalue weighted by atomic mass is 35.5. The lowest BCUT2D eigenvalue weighted by Gasteiger charge is -2.16. The average Bonchev–Trinajstić information content (AvgIpc) is 2.28. The molecular weight excluding hydrogens is 224 g/mol. The predicted molar refractivity (Wildman–Crippen MR) is 64.1 cm³/mol. The Labute approximate surface area is 98.9 Å². The Morgan fingerprint density at radius 3 is 2.38 bits per heavy atom. The van der Waals surface area contributed by atoms with Gasteiger partial charge in [0.05, 0.1) is 0 Å². The Kier molecular flexibility index (Phi) is 3.01. The molecule has 1 heterocycles. The molecule has 0 saturated carbocycles. The van der Waals surface area contributed by atoms with E-state index in [2.05, 4.69) is 15.0 Å². The first-order valence-electron chi connectivity index (χ1n) is 4.84. The maximum Gasteiger partial charge on any atom is 0.234 e. The van der Waals surface area contributed by atoms with E-state index >= 15 is 0 Å². The first kappa shape index (κ1) is 10.8. The van der Waals surface area contributed by atoms with Crippen LogP contribution >= 0.6 is 11.6 Å². The van der Waals surface area contributed by atoms with Crippen molar-refractivity contribution in [2.75, 3.05) is 11.9 Å². The van der Waals surface area contributed by atoms with Gasteiger partial charge in [-0.25, -0.2) is 4.98 Å². The molecule has 0 aliphatic rings. The standard InChI is InChI=1S/C11H11ClN4/c1-8-13-10(12)15-11(14-8)16(2)9-6-4-3-5-7-9/h3-7H,1-2H3. The van der Waals surface area contributed by atoms with Crippen molar-refractivity contribution in [2.45, 2.75) is 6.92 Å². The largest absolute Gasteiger partial charge is 0.313 e. The molecule has 0 unspecified atom stereocenters. The molecule has 1 aromatic carbocycles. The van der Waals surface area contributed by atoms with Crippen LogP contribution in [0.25, 0.3) is 0 Å². The highest BCUT2D eigenvalue weighted by Gasteiger charge is 2.08. The van der Waals surface area contributed by atoms with E-state index in [1.54, 1.807) is 6.92 Å². The van der Waals surface area contributed by atoms with Crippen molar-refractivity contribution in [3.8, 4) is 0 Å². The molecule has 0 aliphatic carbocycles. The van der Waals surface area contributed by atoms with Crippen LogP contribution in [-0.2, 0) is 0 Å². The van der Waals surface area contributed by atoms with Crippen LogP contribution < -0.4 is 4.90 Å². The SMILES string of the molecule is Cc1nc(Cl)nc(N(C)c2ccccc2)n1. The van der Waals surface area contributed by atoms with E-state index in [0.29, 0.717) is 11.8 Å². The second-order valence-electron chi connectivity index (χ2n) is 3.35. The molecule has 0 bridgehead atoms. The lowest BCUT2D eigenvalue weighted by molar-refractivity contribution is 0.937. The van der Waals surface area contributed by atoms with Crippen molar-refractivity contribution in [1.82, 2.24) is 15.0 Å². The molecule has 0 radical (unpaired) electrons. The fraction of sp³-hybridized carbons (Fsp3) is 0.182. The second kappa shape index (κ2) is 4.45. The zero-order chi connectivity index (χ0) is 11.5. The average molecular weight is 235 g/mol. The smallest absolute Gasteiger partial charge is 0.234 e. The summed E-state index contributed by atoms with van der Waals surface area (Å²) >= 11 is 5.79. The number of nitrogens with zero attached hydrogens (tertiary/aromatic N) is 4. The van der Waals surface area contributed by atoms with Crippen LogP contribution in [0, 0.1) is 6.92 Å². The van der Waals surface area contributed by atoms with Crippen LogP contribution in [0.4, 0.5) is 11.6 Å². The number of rotatable bonds is 2. The minimum Gasteiger partial charge on any atom is -0.313 e. The monoisotopic (exact) mass is 234 g/mol. The van der Waals surface area contributed by atoms with Crippen molar-refractivity contribution >= 4 is 23.2 Å². The molecule has 0 N–H and O–H groups in total. The highest BCUT2D eigenvalue weighted by Crippen LogP contribution is 2.19. The van der Waals surface area contributed by atoms with Gasteiger partial charge in [0.2, 0.25) is 11.2 Å². The van der Waals surface area contributed by atoms with Crippen LogP contribution in [0.15, 0.2) is 30.3 Å². The summed E-state index contributed by atoms with van der Waals surface area (Å²) in [4.78, 5) is 14.1. The summed E-state index contributed by atoms with van der Waals surface area (Å²) in [5, 5.41) is 0.213. The molecule has 82 valence electrons. The van der Waals surface area contributed by atoms with Crippen molar-refractivity contribution < 1.29 is 0 Å². The van der Waals surface area contributed by atoms with E-state index < -0.39 is 0 Å². The summed E-state index contributed by atoms with van der Waals surface area (Å²) in [7, 11) is 1.89. The first-order chi connectivity index (χ1) is 7.66. The van der Waals surface area contributed by atoms with Crippen LogP contribution in [0.3, 0.4) is 0 Å². The third kappa shape index (κ3) is 2.28. The number of hydrogen-bond acceptors (Lipinski definition) is 4. The Hall–Kier alpha value is -1.68. The van der Waals surface area contributed by atoms with Gasteiger partial charge in [-0.2, -0.15) is 9.97 Å². The Bertz CT molecular complexity index is 466. The molecule has 0 aliphatic heterocycles. The summed E-state index contributed by atoms with van der Waals surface area (Å²) in [6.45, 7) is 1.79. The maximum absolute atomic E-state index is 5.79. The van der Waals surface area contributed by atoms with Gasteiger partial charge in [0.25, 0.3) is 0 Å². The lowest BCUT2D eigenvalue weighted by Crippen LogP contribution is -2.14. The molecule has 2 aromatic rings. The fourth-order valence-electron chi connectivity index (χ4n) is 1.35. The number of para-hydroxylation sites is 1. The normalized spacial score (nSPS) is 10.2. The van der Waals surface area contributed by atoms with Crippen molar-refractivity contribution in [1.29, 1.82) is 0 Å². The van der Waals surface area contributed by atoms with Gasteiger partial charge in [0, 0.05) is 12.7 Å². The Balaban J connectivity index is 2.37. The van der Waals surface area contributed by atoms with Gasteiger partial charge >= 0.3 is 0 Å². The molecule has 16 heavy (non-hydrogen) atoms. The Morgan fingerprint density at radius 1 is 1.06 bits per heavy atom. The number of halogens is 1. The van der Waals surface area contributed by atoms with E-state index in [1.807, 2.05) is 42.3 Å². The van der Waals surface area contributed by atoms with Crippen molar-refractivity contribution in [2.24, 2.45) is 0 Å². The highest BCUT2D eigenvalue weighted by molar-refractivity contribution is 6.28. The first-order valence-corrected chi connectivity index (χ1v) is 5.21. The van der Waals surface area contributed by atoms with E-state index in [-0.39, 0.29) is 5.28 Å². The third-order valence-electron chi connectivity index (χ3n) is 2.15. The number of hydrogen-bond donors (Lipinski definition) is 0. The summed E-state index contributed by atoms with van der Waals surface area (Å²) in [5.41, 5.74) is 1.00. The lowest BCUT2D eigenvalue weighted by atomic mass is 10.3. The maximum atomic E-state index is 5.79. The molecule has 0 amide bonds. The zero-order valence-electron chi connectivity index (χ0n) is 9.05. The molecule has 0 fully saturated rings. The van der Waals surface area contributed by atoms with E-state index in [9.17, 15) is 0 Å². The zero-order valence-corrected chi connectivity index (χ0v) is 9.81. The van der Waals surface area contributed by atoms with Crippen LogP contribution in [0.2, 0.25) is 5.28 Å². The minimum atomic E-state index is 0.213. The van der Waals surface area contributed by atoms with Crippen LogP contribution in [0.5, 0.6) is 0 Å². The molecule has 0 atom stereocenters. The summed E-state index contributed by atoms with van der Waals surface area (Å²) in [5.74, 6) is 1.15. The summed E-state index contributed by atoms with van der Waals surface area (Å²) in [6, 6.07) is 9.84. The molecular formula is C11H11ClN4. The second-order valence-corrected chi connectivity index (χ2v) is 3.68. The van der Waals surface area contributed by atoms with Gasteiger partial charge in [-0.3, -0.25) is 0 Å². The predicted octanol–water partition coefficient (Wildman–Crippen LogP) is 2.60. The van der Waals surface area contributed by atoms with Gasteiger partial charge in [-0.1, -0.05) is 18.2 Å². The summed E-state index contributed by atoms with van der Waals surface area (Å²) in [6.07, 6.45) is 0. The van der Waals surface area contributed by atoms with Crippen LogP contribution in [-0.4, -0.2) is 22.0 Å². The van der Waals surface area contributed by atoms with Crippen LogP contribution in [0.1, 0.15) is 5.82 Å². The van der Waals surface area contributed by atoms with Gasteiger partial charge in [-0.15, -0.1) is 0 Å². The molecule has 0 saturated heterocycles. The molecule has 5 heteroatoms. The number of benzene rings is 1. The van der Waals surface area contributed by atoms with E-state index in [1.165, 1.54) is 0 Å². The van der Waals surface area contributed by atoms with E-state index in [0.717, 1.165) is 5.69 Å². The number of aryl methyl sites for hydroxylation is 1. The van der Waals surface area contributed by atoms with Gasteiger partial charge in [-0.05, 0) is 30.7 Å². The quantitative estimate of drug-likeness (QED) is 0.801. The van der Waals surface area contributed by atoms with E-state index in [4.69, 9.17) is 11.6 Å². The fourth-order valence-corrected chi connectivity index (χ4v) is 1.55. The van der Waals surface area contributed by atoms with Crippen molar-refractivity contribution in [3.63, 3.8) is 0 Å². The molecule has 1 aromatic heterocycles. The third-order valence-corrected chi connectivity index (χ3v) is 2.32. The minimum absolute atomic E-state index is 0.213. The molecule has 0 spiro atoms. The summed E-state index contributed by atoms with van der Waals surface area (Å²) < 4.78 is 0. The molecule has 2 rings (SSSR count). The number of anilines is 2. The van der Waals surface area contributed by atoms with Gasteiger partial charge < -0.3 is 4.90 Å². The number of aromatic nitrogens is 3.